The summed E-state index contributed by atoms with van der Waals surface area (Å²) >= 11 is 0. The molecule has 1 aromatic heterocycles. The average molecular weight is 381 g/mol. The molecule has 0 bridgehead atoms. The van der Waals surface area contributed by atoms with Crippen LogP contribution in [0.2, 0.25) is 0 Å². The van der Waals surface area contributed by atoms with Gasteiger partial charge in [0.2, 0.25) is 11.8 Å². The number of pyridine rings is 1. The molecular weight excluding hydrogens is 354 g/mol. The summed E-state index contributed by atoms with van der Waals surface area (Å²) in [5.74, 6) is -0.716. The first-order chi connectivity index (χ1) is 12.6. The number of ether oxygens (including phenoxy) is 3. The molecule has 0 aliphatic carbocycles. The van der Waals surface area contributed by atoms with Gasteiger partial charge in [0.05, 0.1) is 13.7 Å². The largest absolute Gasteiger partial charge is 0.481 e. The highest BCUT2D eigenvalue weighted by Gasteiger charge is 2.23. The van der Waals surface area contributed by atoms with E-state index in [0.29, 0.717) is 5.88 Å². The lowest BCUT2D eigenvalue weighted by molar-refractivity contribution is -0.147. The van der Waals surface area contributed by atoms with E-state index >= 15 is 0 Å². The lowest BCUT2D eigenvalue weighted by atomic mass is 10.1. The maximum atomic E-state index is 12.2. The molecule has 1 atom stereocenters. The number of nitrogens with one attached hydrogen (secondary N) is 2. The number of nitrogens with zero attached hydrogens (tertiary/aromatic N) is 1. The molecule has 1 aromatic rings. The van der Waals surface area contributed by atoms with Crippen molar-refractivity contribution in [3.63, 3.8) is 0 Å². The number of rotatable bonds is 8. The Kier molecular flexibility index (Phi) is 8.50. The third kappa shape index (κ3) is 8.89. The van der Waals surface area contributed by atoms with E-state index in [-0.39, 0.29) is 19.6 Å². The molecule has 0 radical (unpaired) electrons. The summed E-state index contributed by atoms with van der Waals surface area (Å²) in [5, 5.41) is 4.90. The SMILES string of the molecule is CCOC(=O)[C@H](Cc1ccnc(OC)c1)NC(=O)CNC(=O)OC(C)(C)C. The van der Waals surface area contributed by atoms with E-state index < -0.39 is 29.6 Å². The summed E-state index contributed by atoms with van der Waals surface area (Å²) in [7, 11) is 1.49. The van der Waals surface area contributed by atoms with Gasteiger partial charge in [-0.25, -0.2) is 14.6 Å². The van der Waals surface area contributed by atoms with Crippen LogP contribution in [0.5, 0.6) is 5.88 Å². The Balaban J connectivity index is 2.69. The summed E-state index contributed by atoms with van der Waals surface area (Å²) in [6.07, 6.45) is 1.02. The van der Waals surface area contributed by atoms with Crippen molar-refractivity contribution >= 4 is 18.0 Å². The molecule has 2 N–H and O–H groups in total. The number of esters is 1. The standard InChI is InChI=1S/C18H27N3O6/c1-6-26-16(23)13(9-12-7-8-19-15(10-12)25-5)21-14(22)11-20-17(24)27-18(2,3)4/h7-8,10,13H,6,9,11H2,1-5H3,(H,20,24)(H,21,22)/t13-/m0/s1. The van der Waals surface area contributed by atoms with E-state index in [0.717, 1.165) is 5.56 Å². The molecule has 1 heterocycles. The smallest absolute Gasteiger partial charge is 0.408 e. The summed E-state index contributed by atoms with van der Waals surface area (Å²) in [6.45, 7) is 6.67. The van der Waals surface area contributed by atoms with E-state index in [1.54, 1.807) is 46.0 Å². The van der Waals surface area contributed by atoms with Crippen molar-refractivity contribution in [2.75, 3.05) is 20.3 Å². The monoisotopic (exact) mass is 381 g/mol. The summed E-state index contributed by atoms with van der Waals surface area (Å²) in [5.41, 5.74) is 0.0642. The Morgan fingerprint density at radius 2 is 1.96 bits per heavy atom. The second-order valence-corrected chi connectivity index (χ2v) is 6.64. The Morgan fingerprint density at radius 1 is 1.26 bits per heavy atom. The zero-order valence-electron chi connectivity index (χ0n) is 16.3. The van der Waals surface area contributed by atoms with E-state index in [4.69, 9.17) is 14.2 Å². The summed E-state index contributed by atoms with van der Waals surface area (Å²) < 4.78 is 15.1. The van der Waals surface area contributed by atoms with Gasteiger partial charge in [-0.3, -0.25) is 4.79 Å². The maximum absolute atomic E-state index is 12.2. The second-order valence-electron chi connectivity index (χ2n) is 6.64. The normalized spacial score (nSPS) is 11.9. The third-order valence-corrected chi connectivity index (χ3v) is 3.15. The van der Waals surface area contributed by atoms with Gasteiger partial charge in [-0.2, -0.15) is 0 Å². The van der Waals surface area contributed by atoms with Crippen molar-refractivity contribution in [1.29, 1.82) is 0 Å². The minimum absolute atomic E-state index is 0.182. The van der Waals surface area contributed by atoms with Gasteiger partial charge < -0.3 is 24.8 Å². The number of alkyl carbamates (subject to hydrolysis) is 1. The van der Waals surface area contributed by atoms with Crippen molar-refractivity contribution in [2.24, 2.45) is 0 Å². The molecule has 0 aliphatic rings. The van der Waals surface area contributed by atoms with Crippen LogP contribution in [0.4, 0.5) is 4.79 Å². The van der Waals surface area contributed by atoms with Gasteiger partial charge in [0.15, 0.2) is 0 Å². The highest BCUT2D eigenvalue weighted by Crippen LogP contribution is 2.11. The van der Waals surface area contributed by atoms with Crippen LogP contribution in [-0.2, 0) is 25.5 Å². The number of carbonyl (C=O) groups is 3. The van der Waals surface area contributed by atoms with Gasteiger partial charge in [-0.05, 0) is 39.3 Å². The van der Waals surface area contributed by atoms with E-state index in [1.807, 2.05) is 0 Å². The van der Waals surface area contributed by atoms with Crippen LogP contribution in [0.3, 0.4) is 0 Å². The van der Waals surface area contributed by atoms with Crippen LogP contribution in [0.25, 0.3) is 0 Å². The minimum atomic E-state index is -0.912. The molecule has 9 heteroatoms. The Morgan fingerprint density at radius 3 is 2.56 bits per heavy atom. The number of aromatic nitrogens is 1. The van der Waals surface area contributed by atoms with Crippen molar-refractivity contribution in [1.82, 2.24) is 15.6 Å². The number of methoxy groups -OCH3 is 1. The van der Waals surface area contributed by atoms with Crippen molar-refractivity contribution in [3.05, 3.63) is 23.9 Å². The van der Waals surface area contributed by atoms with E-state index in [1.165, 1.54) is 7.11 Å². The fraction of sp³-hybridized carbons (Fsp3) is 0.556. The predicted molar refractivity (Wildman–Crippen MR) is 97.3 cm³/mol. The highest BCUT2D eigenvalue weighted by molar-refractivity contribution is 5.87. The van der Waals surface area contributed by atoms with Gasteiger partial charge in [-0.1, -0.05) is 0 Å². The lowest BCUT2D eigenvalue weighted by Gasteiger charge is -2.20. The van der Waals surface area contributed by atoms with Gasteiger partial charge in [0, 0.05) is 18.7 Å². The number of hydrogen-bond donors (Lipinski definition) is 2. The lowest BCUT2D eigenvalue weighted by Crippen LogP contribution is -2.47. The van der Waals surface area contributed by atoms with Gasteiger partial charge in [0.25, 0.3) is 0 Å². The van der Waals surface area contributed by atoms with Gasteiger partial charge in [-0.15, -0.1) is 0 Å². The molecule has 27 heavy (non-hydrogen) atoms. The molecule has 0 aromatic carbocycles. The van der Waals surface area contributed by atoms with Crippen LogP contribution >= 0.6 is 0 Å². The van der Waals surface area contributed by atoms with Crippen LogP contribution in [0.1, 0.15) is 33.3 Å². The van der Waals surface area contributed by atoms with Crippen LogP contribution in [0, 0.1) is 0 Å². The topological polar surface area (TPSA) is 116 Å². The number of amides is 2. The maximum Gasteiger partial charge on any atom is 0.408 e. The summed E-state index contributed by atoms with van der Waals surface area (Å²) in [4.78, 5) is 39.9. The fourth-order valence-electron chi connectivity index (χ4n) is 2.07. The van der Waals surface area contributed by atoms with E-state index in [9.17, 15) is 14.4 Å². The zero-order valence-corrected chi connectivity index (χ0v) is 16.3. The Labute approximate surface area is 158 Å². The molecule has 0 fully saturated rings. The third-order valence-electron chi connectivity index (χ3n) is 3.15. The molecule has 150 valence electrons. The molecule has 0 spiro atoms. The van der Waals surface area contributed by atoms with Crippen LogP contribution < -0.4 is 15.4 Å². The number of hydrogen-bond acceptors (Lipinski definition) is 7. The first-order valence-corrected chi connectivity index (χ1v) is 8.56. The first-order valence-electron chi connectivity index (χ1n) is 8.56. The first kappa shape index (κ1) is 22.2. The molecular formula is C18H27N3O6. The van der Waals surface area contributed by atoms with Crippen molar-refractivity contribution in [2.45, 2.75) is 45.8 Å². The van der Waals surface area contributed by atoms with Crippen molar-refractivity contribution < 1.29 is 28.6 Å². The van der Waals surface area contributed by atoms with E-state index in [2.05, 4.69) is 15.6 Å². The molecule has 0 unspecified atom stereocenters. The molecule has 0 aliphatic heterocycles. The molecule has 0 saturated heterocycles. The molecule has 0 saturated carbocycles. The fourth-order valence-corrected chi connectivity index (χ4v) is 2.07. The predicted octanol–water partition coefficient (Wildman–Crippen LogP) is 1.21. The quantitative estimate of drug-likeness (QED) is 0.650. The zero-order chi connectivity index (χ0) is 20.4. The second kappa shape index (κ2) is 10.3. The van der Waals surface area contributed by atoms with Crippen LogP contribution in [-0.4, -0.2) is 54.9 Å². The minimum Gasteiger partial charge on any atom is -0.481 e. The molecule has 1 rings (SSSR count). The molecule has 9 nitrogen and oxygen atoms in total. The molecule has 2 amide bonds. The highest BCUT2D eigenvalue weighted by atomic mass is 16.6. The summed E-state index contributed by atoms with van der Waals surface area (Å²) in [6, 6.07) is 2.46. The van der Waals surface area contributed by atoms with Crippen molar-refractivity contribution in [3.8, 4) is 5.88 Å². The Hall–Kier alpha value is -2.84. The van der Waals surface area contributed by atoms with Gasteiger partial charge in [0.1, 0.15) is 18.2 Å². The Bertz CT molecular complexity index is 657. The van der Waals surface area contributed by atoms with Gasteiger partial charge >= 0.3 is 12.1 Å². The average Bonchev–Trinajstić information content (AvgIpc) is 2.58. The van der Waals surface area contributed by atoms with Crippen LogP contribution in [0.15, 0.2) is 18.3 Å². The number of carbonyl (C=O) groups excluding carboxylic acids is 3.